The number of allylic oxidation sites excluding steroid dienone is 4. The van der Waals surface area contributed by atoms with Gasteiger partial charge in [0.05, 0.1) is 6.61 Å². The number of phosphoric acid groups is 1. The third-order valence-corrected chi connectivity index (χ3v) is 9.93. The molecule has 9 heteroatoms. The molecule has 0 saturated heterocycles. The Morgan fingerprint density at radius 3 is 1.17 bits per heavy atom. The first-order chi connectivity index (χ1) is 25.3. The maximum absolute atomic E-state index is 12.4. The van der Waals surface area contributed by atoms with Crippen LogP contribution in [0.5, 0.6) is 0 Å². The monoisotopic (exact) mass is 757 g/mol. The van der Waals surface area contributed by atoms with Crippen LogP contribution in [0.15, 0.2) is 24.3 Å². The average molecular weight is 757 g/mol. The number of esters is 2. The van der Waals surface area contributed by atoms with Crippen LogP contribution in [0, 0.1) is 0 Å². The smallest absolute Gasteiger partial charge is 0.462 e. The molecule has 0 aromatic rings. The van der Waals surface area contributed by atoms with Crippen molar-refractivity contribution >= 4 is 19.8 Å². The average Bonchev–Trinajstić information content (AvgIpc) is 3.11. The third kappa shape index (κ3) is 41.3. The van der Waals surface area contributed by atoms with Gasteiger partial charge >= 0.3 is 19.8 Å². The van der Waals surface area contributed by atoms with Crippen LogP contribution in [0.4, 0.5) is 0 Å². The minimum atomic E-state index is -4.75. The zero-order chi connectivity index (χ0) is 38.2. The Balaban J connectivity index is 3.89. The standard InChI is InChI=1S/C43H81O8P/c1-3-5-7-9-11-13-15-17-19-20-21-22-24-25-27-29-31-33-35-37-42(44)49-39-41(40-50-52(46,47)48)51-43(45)38-36-34-32-30-28-26-23-18-16-14-12-10-8-6-4-2/h18,20-21,23,41H,3-17,19,22,24-40H2,1-2H3,(H2,46,47,48)/b21-20-,23-18-/t41-/m1/s1. The summed E-state index contributed by atoms with van der Waals surface area (Å²) in [6.45, 7) is 3.68. The number of carbonyl (C=O) groups is 2. The lowest BCUT2D eigenvalue weighted by Crippen LogP contribution is -2.29. The van der Waals surface area contributed by atoms with E-state index in [2.05, 4.69) is 42.7 Å². The van der Waals surface area contributed by atoms with Gasteiger partial charge in [0.15, 0.2) is 6.10 Å². The summed E-state index contributed by atoms with van der Waals surface area (Å²) in [5.74, 6) is -0.893. The molecule has 0 radical (unpaired) electrons. The molecule has 0 unspecified atom stereocenters. The van der Waals surface area contributed by atoms with Gasteiger partial charge in [0.25, 0.3) is 0 Å². The quantitative estimate of drug-likeness (QED) is 0.0274. The highest BCUT2D eigenvalue weighted by Gasteiger charge is 2.22. The van der Waals surface area contributed by atoms with Gasteiger partial charge in [-0.3, -0.25) is 14.1 Å². The highest BCUT2D eigenvalue weighted by molar-refractivity contribution is 7.46. The van der Waals surface area contributed by atoms with Gasteiger partial charge in [0.1, 0.15) is 6.61 Å². The second-order valence-corrected chi connectivity index (χ2v) is 15.9. The first-order valence-electron chi connectivity index (χ1n) is 21.6. The van der Waals surface area contributed by atoms with Gasteiger partial charge in [-0.25, -0.2) is 4.57 Å². The summed E-state index contributed by atoms with van der Waals surface area (Å²) in [4.78, 5) is 42.9. The SMILES string of the molecule is CCCCCCCC/C=C\CCCCCCCC(=O)O[C@H](COC(=O)CCCCCCCCC/C=C\CCCCCCCCCC)COP(=O)(O)O. The van der Waals surface area contributed by atoms with Crippen LogP contribution in [0.25, 0.3) is 0 Å². The topological polar surface area (TPSA) is 119 Å². The molecule has 8 nitrogen and oxygen atoms in total. The van der Waals surface area contributed by atoms with Crippen molar-refractivity contribution in [3.63, 3.8) is 0 Å². The highest BCUT2D eigenvalue weighted by atomic mass is 31.2. The lowest BCUT2D eigenvalue weighted by molar-refractivity contribution is -0.161. The minimum Gasteiger partial charge on any atom is -0.462 e. The molecule has 0 rings (SSSR count). The fraction of sp³-hybridized carbons (Fsp3) is 0.860. The second kappa shape index (κ2) is 39.2. The van der Waals surface area contributed by atoms with Crippen LogP contribution >= 0.6 is 7.82 Å². The number of phosphoric ester groups is 1. The van der Waals surface area contributed by atoms with Crippen LogP contribution in [-0.2, 0) is 28.2 Å². The molecule has 0 spiro atoms. The molecular formula is C43H81O8P. The van der Waals surface area contributed by atoms with Crippen molar-refractivity contribution in [1.82, 2.24) is 0 Å². The Morgan fingerprint density at radius 1 is 0.481 bits per heavy atom. The van der Waals surface area contributed by atoms with Gasteiger partial charge in [-0.1, -0.05) is 167 Å². The summed E-state index contributed by atoms with van der Waals surface area (Å²) in [7, 11) is -4.75. The maximum Gasteiger partial charge on any atom is 0.469 e. The van der Waals surface area contributed by atoms with Gasteiger partial charge in [0, 0.05) is 12.8 Å². The van der Waals surface area contributed by atoms with Crippen LogP contribution in [0.1, 0.15) is 219 Å². The molecule has 0 aliphatic carbocycles. The van der Waals surface area contributed by atoms with Crippen molar-refractivity contribution in [2.24, 2.45) is 0 Å². The molecule has 0 aromatic heterocycles. The molecule has 0 bridgehead atoms. The molecule has 0 heterocycles. The van der Waals surface area contributed by atoms with Crippen molar-refractivity contribution in [2.45, 2.75) is 225 Å². The summed E-state index contributed by atoms with van der Waals surface area (Å²) in [5, 5.41) is 0. The highest BCUT2D eigenvalue weighted by Crippen LogP contribution is 2.36. The zero-order valence-electron chi connectivity index (χ0n) is 33.7. The van der Waals surface area contributed by atoms with E-state index in [-0.39, 0.29) is 19.4 Å². The van der Waals surface area contributed by atoms with Gasteiger partial charge in [-0.2, -0.15) is 0 Å². The summed E-state index contributed by atoms with van der Waals surface area (Å²) >= 11 is 0. The van der Waals surface area contributed by atoms with E-state index < -0.39 is 32.5 Å². The van der Waals surface area contributed by atoms with Crippen LogP contribution < -0.4 is 0 Å². The molecule has 0 saturated carbocycles. The zero-order valence-corrected chi connectivity index (χ0v) is 34.6. The van der Waals surface area contributed by atoms with E-state index >= 15 is 0 Å². The van der Waals surface area contributed by atoms with Crippen molar-refractivity contribution < 1.29 is 37.9 Å². The van der Waals surface area contributed by atoms with Crippen molar-refractivity contribution in [1.29, 1.82) is 0 Å². The van der Waals surface area contributed by atoms with Crippen LogP contribution in [0.2, 0.25) is 0 Å². The Labute approximate surface area is 319 Å². The van der Waals surface area contributed by atoms with Crippen molar-refractivity contribution in [3.05, 3.63) is 24.3 Å². The van der Waals surface area contributed by atoms with E-state index in [0.29, 0.717) is 6.42 Å². The molecule has 306 valence electrons. The Bertz CT molecular complexity index is 900. The number of hydrogen-bond acceptors (Lipinski definition) is 6. The molecule has 2 N–H and O–H groups in total. The normalized spacial score (nSPS) is 12.6. The fourth-order valence-electron chi connectivity index (χ4n) is 6.19. The van der Waals surface area contributed by atoms with E-state index in [4.69, 9.17) is 19.3 Å². The number of unbranched alkanes of at least 4 members (excludes halogenated alkanes) is 26. The predicted octanol–water partition coefficient (Wildman–Crippen LogP) is 13.2. The number of carbonyl (C=O) groups excluding carboxylic acids is 2. The first kappa shape index (κ1) is 50.5. The molecule has 52 heavy (non-hydrogen) atoms. The van der Waals surface area contributed by atoms with Crippen LogP contribution in [-0.4, -0.2) is 41.0 Å². The molecule has 0 aliphatic rings. The third-order valence-electron chi connectivity index (χ3n) is 9.44. The van der Waals surface area contributed by atoms with E-state index in [9.17, 15) is 14.2 Å². The van der Waals surface area contributed by atoms with Gasteiger partial charge < -0.3 is 19.3 Å². The molecule has 0 aliphatic heterocycles. The molecular weight excluding hydrogens is 675 g/mol. The van der Waals surface area contributed by atoms with E-state index in [1.54, 1.807) is 0 Å². The molecule has 0 fully saturated rings. The summed E-state index contributed by atoms with van der Waals surface area (Å²) < 4.78 is 26.4. The Kier molecular flexibility index (Phi) is 38.1. The minimum absolute atomic E-state index is 0.203. The van der Waals surface area contributed by atoms with Crippen LogP contribution in [0.3, 0.4) is 0 Å². The van der Waals surface area contributed by atoms with Crippen molar-refractivity contribution in [3.8, 4) is 0 Å². The second-order valence-electron chi connectivity index (χ2n) is 14.7. The Hall–Kier alpha value is -1.47. The number of ether oxygens (including phenoxy) is 2. The lowest BCUT2D eigenvalue weighted by Gasteiger charge is -2.18. The lowest BCUT2D eigenvalue weighted by atomic mass is 10.1. The fourth-order valence-corrected chi connectivity index (χ4v) is 6.55. The molecule has 0 aromatic carbocycles. The van der Waals surface area contributed by atoms with E-state index in [0.717, 1.165) is 64.2 Å². The van der Waals surface area contributed by atoms with Crippen molar-refractivity contribution in [2.75, 3.05) is 13.2 Å². The number of hydrogen-bond donors (Lipinski definition) is 2. The largest absolute Gasteiger partial charge is 0.469 e. The molecule has 1 atom stereocenters. The predicted molar refractivity (Wildman–Crippen MR) is 216 cm³/mol. The summed E-state index contributed by atoms with van der Waals surface area (Å²) in [6.07, 6.45) is 44.7. The summed E-state index contributed by atoms with van der Waals surface area (Å²) in [5.41, 5.74) is 0. The van der Waals surface area contributed by atoms with Gasteiger partial charge in [0.2, 0.25) is 0 Å². The van der Waals surface area contributed by atoms with Gasteiger partial charge in [-0.05, 0) is 64.2 Å². The summed E-state index contributed by atoms with van der Waals surface area (Å²) in [6, 6.07) is 0. The number of rotatable bonds is 40. The Morgan fingerprint density at radius 2 is 0.808 bits per heavy atom. The van der Waals surface area contributed by atoms with E-state index in [1.165, 1.54) is 122 Å². The van der Waals surface area contributed by atoms with Gasteiger partial charge in [-0.15, -0.1) is 0 Å². The van der Waals surface area contributed by atoms with E-state index in [1.807, 2.05) is 0 Å². The first-order valence-corrected chi connectivity index (χ1v) is 23.2. The molecule has 0 amide bonds. The maximum atomic E-state index is 12.4.